The lowest BCUT2D eigenvalue weighted by atomic mass is 9.90. The molecule has 0 spiro atoms. The summed E-state index contributed by atoms with van der Waals surface area (Å²) in [5.74, 6) is -1.40. The average Bonchev–Trinajstić information content (AvgIpc) is 3.04. The molecule has 2 N–H and O–H groups in total. The van der Waals surface area contributed by atoms with E-state index in [9.17, 15) is 14.7 Å². The molecule has 1 aliphatic heterocycles. The van der Waals surface area contributed by atoms with Crippen LogP contribution in [0.15, 0.2) is 34.8 Å². The highest BCUT2D eigenvalue weighted by atomic mass is 79.9. The number of carboxylic acid groups (broad SMARTS) is 1. The van der Waals surface area contributed by atoms with Gasteiger partial charge in [0.1, 0.15) is 5.69 Å². The predicted octanol–water partition coefficient (Wildman–Crippen LogP) is 3.02. The number of benzene rings is 1. The molecule has 24 heavy (non-hydrogen) atoms. The first-order valence-corrected chi connectivity index (χ1v) is 8.56. The highest BCUT2D eigenvalue weighted by Gasteiger charge is 2.32. The van der Waals surface area contributed by atoms with E-state index in [1.807, 2.05) is 31.2 Å². The molecule has 2 aromatic rings. The van der Waals surface area contributed by atoms with Gasteiger partial charge >= 0.3 is 5.97 Å². The Morgan fingerprint density at radius 1 is 1.29 bits per heavy atom. The third-order valence-electron chi connectivity index (χ3n) is 4.24. The quantitative estimate of drug-likeness (QED) is 0.841. The van der Waals surface area contributed by atoms with Crippen molar-refractivity contribution in [3.63, 3.8) is 0 Å². The van der Waals surface area contributed by atoms with Crippen LogP contribution in [0.25, 0.3) is 11.3 Å². The minimum Gasteiger partial charge on any atom is -0.481 e. The number of aliphatic carboxylic acids is 1. The van der Waals surface area contributed by atoms with Gasteiger partial charge in [0.25, 0.3) is 5.91 Å². The number of amides is 1. The number of nitrogens with one attached hydrogen (secondary N) is 1. The topological polar surface area (TPSA) is 86.3 Å². The molecular weight excluding hydrogens is 374 g/mol. The Bertz CT molecular complexity index is 757. The number of nitrogens with zero attached hydrogens (tertiary/aromatic N) is 2. The van der Waals surface area contributed by atoms with Gasteiger partial charge in [0.15, 0.2) is 0 Å². The highest BCUT2D eigenvalue weighted by molar-refractivity contribution is 9.10. The average molecular weight is 392 g/mol. The third-order valence-corrected chi connectivity index (χ3v) is 4.77. The molecule has 2 atom stereocenters. The van der Waals surface area contributed by atoms with Gasteiger partial charge in [-0.2, -0.15) is 5.10 Å². The molecule has 7 heteroatoms. The fourth-order valence-corrected chi connectivity index (χ4v) is 3.33. The van der Waals surface area contributed by atoms with Crippen LogP contribution >= 0.6 is 15.9 Å². The number of halogens is 1. The maximum Gasteiger partial charge on any atom is 0.308 e. The second kappa shape index (κ2) is 6.76. The molecule has 0 saturated carbocycles. The van der Waals surface area contributed by atoms with Gasteiger partial charge < -0.3 is 10.0 Å². The van der Waals surface area contributed by atoms with Crippen LogP contribution in [-0.4, -0.2) is 45.2 Å². The number of likely N-dealkylation sites (tertiary alicyclic amines) is 1. The Hall–Kier alpha value is -2.15. The second-order valence-electron chi connectivity index (χ2n) is 6.26. The molecule has 1 aliphatic rings. The number of carbonyl (C=O) groups is 2. The van der Waals surface area contributed by atoms with E-state index in [1.165, 1.54) is 0 Å². The number of carboxylic acids is 1. The van der Waals surface area contributed by atoms with Crippen molar-refractivity contribution < 1.29 is 14.7 Å². The van der Waals surface area contributed by atoms with E-state index in [0.717, 1.165) is 10.0 Å². The summed E-state index contributed by atoms with van der Waals surface area (Å²) < 4.78 is 0.972. The van der Waals surface area contributed by atoms with Crippen molar-refractivity contribution in [2.75, 3.05) is 13.1 Å². The molecule has 0 bridgehead atoms. The predicted molar refractivity (Wildman–Crippen MR) is 92.5 cm³/mol. The van der Waals surface area contributed by atoms with E-state index >= 15 is 0 Å². The molecule has 1 saturated heterocycles. The highest BCUT2D eigenvalue weighted by Crippen LogP contribution is 2.25. The normalized spacial score (nSPS) is 20.8. The number of aromatic nitrogens is 2. The van der Waals surface area contributed by atoms with Gasteiger partial charge in [-0.25, -0.2) is 0 Å². The lowest BCUT2D eigenvalue weighted by Crippen LogP contribution is -2.45. The number of aromatic amines is 1. The van der Waals surface area contributed by atoms with Crippen LogP contribution in [0.5, 0.6) is 0 Å². The molecule has 0 radical (unpaired) electrons. The van der Waals surface area contributed by atoms with Gasteiger partial charge in [-0.15, -0.1) is 0 Å². The van der Waals surface area contributed by atoms with Crippen LogP contribution in [0.2, 0.25) is 0 Å². The summed E-state index contributed by atoms with van der Waals surface area (Å²) in [6, 6.07) is 9.36. The van der Waals surface area contributed by atoms with Crippen molar-refractivity contribution in [2.45, 2.75) is 13.3 Å². The molecule has 2 unspecified atom stereocenters. The van der Waals surface area contributed by atoms with Crippen molar-refractivity contribution in [3.8, 4) is 11.3 Å². The molecule has 1 aromatic carbocycles. The second-order valence-corrected chi connectivity index (χ2v) is 7.18. The Morgan fingerprint density at radius 2 is 2.00 bits per heavy atom. The minimum absolute atomic E-state index is 0.165. The zero-order chi connectivity index (χ0) is 17.3. The molecule has 6 nitrogen and oxygen atoms in total. The van der Waals surface area contributed by atoms with E-state index < -0.39 is 11.9 Å². The van der Waals surface area contributed by atoms with Crippen LogP contribution < -0.4 is 0 Å². The number of rotatable bonds is 3. The van der Waals surface area contributed by atoms with Crippen LogP contribution in [0.1, 0.15) is 23.8 Å². The number of hydrogen-bond acceptors (Lipinski definition) is 3. The van der Waals surface area contributed by atoms with Gasteiger partial charge in [0.2, 0.25) is 0 Å². The summed E-state index contributed by atoms with van der Waals surface area (Å²) >= 11 is 3.38. The van der Waals surface area contributed by atoms with Crippen LogP contribution in [0.3, 0.4) is 0 Å². The van der Waals surface area contributed by atoms with E-state index in [2.05, 4.69) is 26.1 Å². The monoisotopic (exact) mass is 391 g/mol. The molecule has 0 aliphatic carbocycles. The summed E-state index contributed by atoms with van der Waals surface area (Å²) in [5, 5.41) is 16.2. The van der Waals surface area contributed by atoms with E-state index in [4.69, 9.17) is 0 Å². The Balaban J connectivity index is 1.78. The van der Waals surface area contributed by atoms with Gasteiger partial charge in [-0.3, -0.25) is 14.7 Å². The fraction of sp³-hybridized carbons (Fsp3) is 0.353. The number of H-pyrrole nitrogens is 1. The van der Waals surface area contributed by atoms with Crippen LogP contribution in [-0.2, 0) is 4.79 Å². The van der Waals surface area contributed by atoms with Crippen molar-refractivity contribution in [1.29, 1.82) is 0 Å². The molecule has 1 aromatic heterocycles. The largest absolute Gasteiger partial charge is 0.481 e. The zero-order valence-corrected chi connectivity index (χ0v) is 14.8. The first kappa shape index (κ1) is 16.7. The Morgan fingerprint density at radius 3 is 2.67 bits per heavy atom. The standard InChI is InChI=1S/C17H18BrN3O3/c1-10-6-12(17(23)24)9-21(8-10)16(22)15-7-14(19-20-15)11-2-4-13(18)5-3-11/h2-5,7,10,12H,6,8-9H2,1H3,(H,19,20)(H,23,24). The summed E-state index contributed by atoms with van der Waals surface area (Å²) in [7, 11) is 0. The van der Waals surface area contributed by atoms with Gasteiger partial charge in [0, 0.05) is 23.1 Å². The SMILES string of the molecule is CC1CC(C(=O)O)CN(C(=O)c2cc(-c3ccc(Br)cc3)n[nH]2)C1. The fourth-order valence-electron chi connectivity index (χ4n) is 3.07. The molecule has 126 valence electrons. The molecule has 2 heterocycles. The first-order chi connectivity index (χ1) is 11.4. The maximum atomic E-state index is 12.7. The lowest BCUT2D eigenvalue weighted by molar-refractivity contribution is -0.143. The van der Waals surface area contributed by atoms with E-state index in [-0.39, 0.29) is 18.4 Å². The van der Waals surface area contributed by atoms with Crippen molar-refractivity contribution in [2.24, 2.45) is 11.8 Å². The van der Waals surface area contributed by atoms with Crippen LogP contribution in [0.4, 0.5) is 0 Å². The van der Waals surface area contributed by atoms with Crippen molar-refractivity contribution in [1.82, 2.24) is 15.1 Å². The zero-order valence-electron chi connectivity index (χ0n) is 13.2. The Labute approximate surface area is 148 Å². The molecular formula is C17H18BrN3O3. The number of piperidine rings is 1. The molecule has 1 amide bonds. The number of hydrogen-bond donors (Lipinski definition) is 2. The molecule has 3 rings (SSSR count). The number of carbonyl (C=O) groups excluding carboxylic acids is 1. The minimum atomic E-state index is -0.848. The van der Waals surface area contributed by atoms with Gasteiger partial charge in [-0.1, -0.05) is 35.0 Å². The summed E-state index contributed by atoms with van der Waals surface area (Å²) in [6.45, 7) is 2.77. The van der Waals surface area contributed by atoms with Crippen molar-refractivity contribution in [3.05, 3.63) is 40.5 Å². The summed E-state index contributed by atoms with van der Waals surface area (Å²) in [6.07, 6.45) is 0.603. The van der Waals surface area contributed by atoms with E-state index in [0.29, 0.717) is 24.4 Å². The lowest BCUT2D eigenvalue weighted by Gasteiger charge is -2.34. The van der Waals surface area contributed by atoms with Crippen LogP contribution in [0, 0.1) is 11.8 Å². The smallest absolute Gasteiger partial charge is 0.308 e. The maximum absolute atomic E-state index is 12.7. The van der Waals surface area contributed by atoms with Crippen molar-refractivity contribution >= 4 is 27.8 Å². The van der Waals surface area contributed by atoms with E-state index in [1.54, 1.807) is 11.0 Å². The Kier molecular flexibility index (Phi) is 4.71. The first-order valence-electron chi connectivity index (χ1n) is 7.77. The summed E-state index contributed by atoms with van der Waals surface area (Å²) in [5.41, 5.74) is 1.97. The van der Waals surface area contributed by atoms with Gasteiger partial charge in [0.05, 0.1) is 11.6 Å². The summed E-state index contributed by atoms with van der Waals surface area (Å²) in [4.78, 5) is 25.5. The van der Waals surface area contributed by atoms with Gasteiger partial charge in [-0.05, 0) is 30.5 Å². The third kappa shape index (κ3) is 3.51. The molecule has 1 fully saturated rings.